The number of hydrogen-bond acceptors (Lipinski definition) is 14. The highest BCUT2D eigenvalue weighted by atomic mass is 32.2. The first-order valence-corrected chi connectivity index (χ1v) is 15.1. The lowest BCUT2D eigenvalue weighted by Crippen LogP contribution is -2.30. The number of aliphatic carboxylic acids is 1. The van der Waals surface area contributed by atoms with Crippen molar-refractivity contribution in [1.29, 1.82) is 0 Å². The van der Waals surface area contributed by atoms with E-state index in [1.807, 2.05) is 0 Å². The van der Waals surface area contributed by atoms with Gasteiger partial charge in [0.2, 0.25) is 9.84 Å². The Labute approximate surface area is 223 Å². The van der Waals surface area contributed by atoms with E-state index in [0.29, 0.717) is 30.2 Å². The van der Waals surface area contributed by atoms with Gasteiger partial charge in [-0.3, -0.25) is 15.1 Å². The summed E-state index contributed by atoms with van der Waals surface area (Å²) in [6.45, 7) is 1.15. The van der Waals surface area contributed by atoms with Crippen molar-refractivity contribution >= 4 is 42.9 Å². The smallest absolute Gasteiger partial charge is 0.392 e. The molecule has 1 aromatic heterocycles. The Kier molecular flexibility index (Phi) is 8.59. The van der Waals surface area contributed by atoms with Crippen LogP contribution in [0.3, 0.4) is 0 Å². The van der Waals surface area contributed by atoms with Crippen molar-refractivity contribution < 1.29 is 41.1 Å². The highest BCUT2D eigenvalue weighted by Crippen LogP contribution is 2.39. The number of benzene rings is 1. The summed E-state index contributed by atoms with van der Waals surface area (Å²) >= 11 is 0. The average Bonchev–Trinajstić information content (AvgIpc) is 3.34. The SMILES string of the molecule is CN(C)c1cc(Oc2nc(S(C)(=O)=O)nc(OC(CCS(C)(=O)=O)C(=O)O)c2[N+](=O)[O-])cc(C2=NCCN2)c1. The summed E-state index contributed by atoms with van der Waals surface area (Å²) in [6, 6.07) is 4.80. The Balaban J connectivity index is 2.16. The molecule has 0 aliphatic carbocycles. The van der Waals surface area contributed by atoms with Gasteiger partial charge in [-0.1, -0.05) is 0 Å². The summed E-state index contributed by atoms with van der Waals surface area (Å²) in [7, 11) is -4.33. The molecule has 0 saturated carbocycles. The van der Waals surface area contributed by atoms with Gasteiger partial charge in [0, 0.05) is 56.9 Å². The molecule has 212 valence electrons. The average molecular weight is 587 g/mol. The number of carbonyl (C=O) groups is 1. The second kappa shape index (κ2) is 11.4. The number of amidine groups is 1. The third kappa shape index (κ3) is 7.73. The molecule has 1 atom stereocenters. The second-order valence-corrected chi connectivity index (χ2v) is 12.9. The van der Waals surface area contributed by atoms with Crippen LogP contribution in [-0.4, -0.2) is 100 Å². The summed E-state index contributed by atoms with van der Waals surface area (Å²) < 4.78 is 58.5. The van der Waals surface area contributed by atoms with E-state index in [1.165, 1.54) is 12.1 Å². The molecule has 2 heterocycles. The maximum atomic E-state index is 12.3. The van der Waals surface area contributed by atoms with E-state index in [4.69, 9.17) is 9.47 Å². The summed E-state index contributed by atoms with van der Waals surface area (Å²) in [5.41, 5.74) is 0.139. The predicted molar refractivity (Wildman–Crippen MR) is 138 cm³/mol. The van der Waals surface area contributed by atoms with E-state index in [0.717, 1.165) is 12.5 Å². The van der Waals surface area contributed by atoms with E-state index in [9.17, 15) is 36.9 Å². The van der Waals surface area contributed by atoms with Crippen molar-refractivity contribution in [2.75, 3.05) is 50.3 Å². The molecule has 0 bridgehead atoms. The molecule has 0 spiro atoms. The van der Waals surface area contributed by atoms with E-state index in [2.05, 4.69) is 20.3 Å². The van der Waals surface area contributed by atoms with Crippen molar-refractivity contribution in [1.82, 2.24) is 15.3 Å². The molecular formula is C21H26N6O10S2. The first kappa shape index (κ1) is 29.5. The minimum atomic E-state index is -4.20. The number of nitrogens with one attached hydrogen (secondary N) is 1. The van der Waals surface area contributed by atoms with Crippen LogP contribution in [0.2, 0.25) is 0 Å². The third-order valence-corrected chi connectivity index (χ3v) is 6.99. The molecule has 1 aliphatic heterocycles. The molecule has 1 aromatic carbocycles. The van der Waals surface area contributed by atoms with Gasteiger partial charge in [0.15, 0.2) is 6.10 Å². The monoisotopic (exact) mass is 586 g/mol. The molecular weight excluding hydrogens is 560 g/mol. The van der Waals surface area contributed by atoms with Crippen LogP contribution in [0, 0.1) is 10.1 Å². The predicted octanol–water partition coefficient (Wildman–Crippen LogP) is 0.263. The van der Waals surface area contributed by atoms with Gasteiger partial charge in [-0.05, 0) is 12.1 Å². The minimum absolute atomic E-state index is 0.0201. The van der Waals surface area contributed by atoms with Crippen LogP contribution in [0.4, 0.5) is 11.4 Å². The lowest BCUT2D eigenvalue weighted by Gasteiger charge is -2.17. The highest BCUT2D eigenvalue weighted by Gasteiger charge is 2.34. The van der Waals surface area contributed by atoms with Gasteiger partial charge in [0.1, 0.15) is 21.4 Å². The van der Waals surface area contributed by atoms with E-state index in [-0.39, 0.29) is 5.75 Å². The zero-order chi connectivity index (χ0) is 29.1. The van der Waals surface area contributed by atoms with Gasteiger partial charge in [-0.25, -0.2) is 21.6 Å². The third-order valence-electron chi connectivity index (χ3n) is 5.16. The van der Waals surface area contributed by atoms with Crippen LogP contribution in [0.1, 0.15) is 12.0 Å². The number of aromatic nitrogens is 2. The molecule has 0 fully saturated rings. The molecule has 1 aliphatic rings. The first-order valence-electron chi connectivity index (χ1n) is 11.2. The lowest BCUT2D eigenvalue weighted by molar-refractivity contribution is -0.387. The van der Waals surface area contributed by atoms with Crippen molar-refractivity contribution in [3.05, 3.63) is 33.9 Å². The number of ether oxygens (including phenoxy) is 2. The Morgan fingerprint density at radius 2 is 1.85 bits per heavy atom. The number of aliphatic imine (C=N–C) groups is 1. The van der Waals surface area contributed by atoms with Crippen LogP contribution in [-0.2, 0) is 24.5 Å². The Morgan fingerprint density at radius 3 is 2.36 bits per heavy atom. The van der Waals surface area contributed by atoms with Crippen LogP contribution in [0.5, 0.6) is 17.5 Å². The highest BCUT2D eigenvalue weighted by molar-refractivity contribution is 7.90. The fraction of sp³-hybridized carbons (Fsp3) is 0.429. The summed E-state index contributed by atoms with van der Waals surface area (Å²) in [4.78, 5) is 36.1. The van der Waals surface area contributed by atoms with Crippen LogP contribution in [0.25, 0.3) is 0 Å². The lowest BCUT2D eigenvalue weighted by atomic mass is 10.1. The molecule has 16 nitrogen and oxygen atoms in total. The fourth-order valence-electron chi connectivity index (χ4n) is 3.30. The first-order chi connectivity index (χ1) is 18.0. The number of anilines is 1. The van der Waals surface area contributed by atoms with Gasteiger partial charge in [-0.2, -0.15) is 9.97 Å². The Hall–Kier alpha value is -4.06. The standard InChI is InChI=1S/C21H26N6O10S2/c1-26(2)13-9-12(17-22-6-7-23-17)10-14(11-13)36-18-16(27(30)31)19(25-21(24-18)39(4,34)35)37-15(20(28)29)5-8-38(3,32)33/h9-11,15H,5-8H2,1-4H3,(H,22,23)(H,28,29). The summed E-state index contributed by atoms with van der Waals surface area (Å²) in [5.74, 6) is -3.55. The molecule has 2 N–H and O–H groups in total. The molecule has 0 radical (unpaired) electrons. The van der Waals surface area contributed by atoms with Crippen LogP contribution >= 0.6 is 0 Å². The molecule has 2 aromatic rings. The molecule has 1 unspecified atom stereocenters. The van der Waals surface area contributed by atoms with Gasteiger partial charge >= 0.3 is 23.4 Å². The topological polar surface area (TPSA) is 221 Å². The zero-order valence-electron chi connectivity index (χ0n) is 21.3. The van der Waals surface area contributed by atoms with E-state index < -0.39 is 71.4 Å². The number of nitro groups is 1. The molecule has 3 rings (SSSR count). The van der Waals surface area contributed by atoms with Gasteiger partial charge < -0.3 is 24.8 Å². The fourth-order valence-corrected chi connectivity index (χ4v) is 4.44. The quantitative estimate of drug-likeness (QED) is 0.194. The van der Waals surface area contributed by atoms with Crippen LogP contribution < -0.4 is 19.7 Å². The number of carboxylic acids is 1. The van der Waals surface area contributed by atoms with Crippen molar-refractivity contribution in [2.24, 2.45) is 4.99 Å². The number of rotatable bonds is 12. The van der Waals surface area contributed by atoms with E-state index in [1.54, 1.807) is 25.1 Å². The minimum Gasteiger partial charge on any atom is -0.479 e. The largest absolute Gasteiger partial charge is 0.479 e. The number of nitrogens with zero attached hydrogens (tertiary/aromatic N) is 5. The van der Waals surface area contributed by atoms with Crippen molar-refractivity contribution in [2.45, 2.75) is 17.7 Å². The number of carboxylic acid groups (broad SMARTS) is 1. The van der Waals surface area contributed by atoms with Crippen molar-refractivity contribution in [3.63, 3.8) is 0 Å². The molecule has 0 amide bonds. The summed E-state index contributed by atoms with van der Waals surface area (Å²) in [5, 5.41) is 23.7. The number of hydrogen-bond donors (Lipinski definition) is 2. The second-order valence-electron chi connectivity index (χ2n) is 8.73. The van der Waals surface area contributed by atoms with Gasteiger partial charge in [0.05, 0.1) is 17.2 Å². The maximum Gasteiger partial charge on any atom is 0.392 e. The van der Waals surface area contributed by atoms with Crippen LogP contribution in [0.15, 0.2) is 28.3 Å². The molecule has 39 heavy (non-hydrogen) atoms. The maximum absolute atomic E-state index is 12.3. The molecule has 0 saturated heterocycles. The van der Waals surface area contributed by atoms with Gasteiger partial charge in [0.25, 0.3) is 5.16 Å². The van der Waals surface area contributed by atoms with Gasteiger partial charge in [-0.15, -0.1) is 0 Å². The summed E-state index contributed by atoms with van der Waals surface area (Å²) in [6.07, 6.45) is -0.906. The number of sulfone groups is 2. The molecule has 18 heteroatoms. The van der Waals surface area contributed by atoms with Crippen molar-refractivity contribution in [3.8, 4) is 17.5 Å². The normalized spacial score (nSPS) is 14.2. The Morgan fingerprint density at radius 1 is 1.18 bits per heavy atom. The Bertz CT molecular complexity index is 1540. The zero-order valence-corrected chi connectivity index (χ0v) is 22.9. The van der Waals surface area contributed by atoms with E-state index >= 15 is 0 Å².